The predicted octanol–water partition coefficient (Wildman–Crippen LogP) is 2.02. The zero-order chi connectivity index (χ0) is 12.1. The monoisotopic (exact) mass is 228 g/mol. The molecule has 0 heterocycles. The van der Waals surface area contributed by atoms with Crippen molar-refractivity contribution in [3.63, 3.8) is 0 Å². The van der Waals surface area contributed by atoms with Crippen LogP contribution in [0.3, 0.4) is 0 Å². The van der Waals surface area contributed by atoms with Gasteiger partial charge in [-0.2, -0.15) is 0 Å². The van der Waals surface area contributed by atoms with E-state index in [0.29, 0.717) is 0 Å². The van der Waals surface area contributed by atoms with Crippen LogP contribution in [-0.2, 0) is 4.74 Å². The molecule has 88 valence electrons. The number of carbonyl (C=O) groups excluding carboxylic acids is 1. The average Bonchev–Trinajstić information content (AvgIpc) is 2.26. The predicted molar refractivity (Wildman–Crippen MR) is 55.5 cm³/mol. The smallest absolute Gasteiger partial charge is 0.188 e. The number of rotatable bonds is 5. The van der Waals surface area contributed by atoms with E-state index in [-0.39, 0.29) is 29.6 Å². The number of halogens is 1. The van der Waals surface area contributed by atoms with Gasteiger partial charge in [-0.1, -0.05) is 0 Å². The Kier molecular flexibility index (Phi) is 4.25. The van der Waals surface area contributed by atoms with Crippen LogP contribution >= 0.6 is 0 Å². The van der Waals surface area contributed by atoms with Gasteiger partial charge in [0.05, 0.1) is 7.11 Å². The highest BCUT2D eigenvalue weighted by molar-refractivity contribution is 5.99. The minimum atomic E-state index is -0.622. The van der Waals surface area contributed by atoms with Gasteiger partial charge in [-0.3, -0.25) is 4.79 Å². The lowest BCUT2D eigenvalue weighted by molar-refractivity contribution is 0.0472. The van der Waals surface area contributed by atoms with Crippen molar-refractivity contribution in [3.8, 4) is 11.5 Å². The summed E-state index contributed by atoms with van der Waals surface area (Å²) in [6.45, 7) is 1.18. The fourth-order valence-corrected chi connectivity index (χ4v) is 1.30. The van der Waals surface area contributed by atoms with E-state index in [1.807, 2.05) is 0 Å². The molecular formula is C11H13FO4. The molecule has 0 unspecified atom stereocenters. The SMILES string of the molecule is COCOc1c(F)ccc(OC)c1C(C)=O. The van der Waals surface area contributed by atoms with E-state index < -0.39 is 5.82 Å². The zero-order valence-corrected chi connectivity index (χ0v) is 9.37. The molecule has 0 saturated carbocycles. The second-order valence-electron chi connectivity index (χ2n) is 3.06. The first-order valence-electron chi connectivity index (χ1n) is 4.61. The maximum Gasteiger partial charge on any atom is 0.188 e. The molecule has 16 heavy (non-hydrogen) atoms. The summed E-state index contributed by atoms with van der Waals surface area (Å²) in [5.74, 6) is -0.820. The highest BCUT2D eigenvalue weighted by atomic mass is 19.1. The number of carbonyl (C=O) groups is 1. The van der Waals surface area contributed by atoms with Crippen molar-refractivity contribution in [2.24, 2.45) is 0 Å². The van der Waals surface area contributed by atoms with Crippen molar-refractivity contribution < 1.29 is 23.4 Å². The topological polar surface area (TPSA) is 44.8 Å². The summed E-state index contributed by atoms with van der Waals surface area (Å²) in [7, 11) is 2.81. The van der Waals surface area contributed by atoms with E-state index in [9.17, 15) is 9.18 Å². The zero-order valence-electron chi connectivity index (χ0n) is 9.37. The summed E-state index contributed by atoms with van der Waals surface area (Å²) in [4.78, 5) is 11.4. The highest BCUT2D eigenvalue weighted by Crippen LogP contribution is 2.31. The van der Waals surface area contributed by atoms with Gasteiger partial charge in [-0.25, -0.2) is 4.39 Å². The van der Waals surface area contributed by atoms with Crippen molar-refractivity contribution in [3.05, 3.63) is 23.5 Å². The first-order valence-corrected chi connectivity index (χ1v) is 4.61. The van der Waals surface area contributed by atoms with E-state index in [2.05, 4.69) is 4.74 Å². The molecule has 0 amide bonds. The molecule has 0 fully saturated rings. The second kappa shape index (κ2) is 5.46. The molecule has 4 nitrogen and oxygen atoms in total. The molecule has 0 aliphatic heterocycles. The molecule has 1 aromatic rings. The summed E-state index contributed by atoms with van der Waals surface area (Å²) in [5, 5.41) is 0. The summed E-state index contributed by atoms with van der Waals surface area (Å²) < 4.78 is 28.1. The molecule has 5 heteroatoms. The molecule has 1 rings (SSSR count). The fourth-order valence-electron chi connectivity index (χ4n) is 1.30. The maximum absolute atomic E-state index is 13.5. The number of hydrogen-bond donors (Lipinski definition) is 0. The maximum atomic E-state index is 13.5. The van der Waals surface area contributed by atoms with Crippen LogP contribution in [0.25, 0.3) is 0 Å². The molecule has 0 spiro atoms. The van der Waals surface area contributed by atoms with E-state index in [1.54, 1.807) is 0 Å². The van der Waals surface area contributed by atoms with Crippen molar-refractivity contribution in [1.29, 1.82) is 0 Å². The standard InChI is InChI=1S/C11H13FO4/c1-7(13)10-9(15-3)5-4-8(12)11(10)16-6-14-2/h4-5H,6H2,1-3H3. The van der Waals surface area contributed by atoms with E-state index in [1.165, 1.54) is 33.3 Å². The Labute approximate surface area is 92.9 Å². The Morgan fingerprint density at radius 2 is 2.06 bits per heavy atom. The van der Waals surface area contributed by atoms with Gasteiger partial charge in [0.2, 0.25) is 0 Å². The molecule has 1 aromatic carbocycles. The molecule has 0 saturated heterocycles. The molecule has 0 aliphatic carbocycles. The summed E-state index contributed by atoms with van der Waals surface area (Å²) in [6.07, 6.45) is 0. The molecule has 0 N–H and O–H groups in total. The third-order valence-corrected chi connectivity index (χ3v) is 1.96. The Bertz CT molecular complexity index is 390. The average molecular weight is 228 g/mol. The molecular weight excluding hydrogens is 215 g/mol. The number of ketones is 1. The highest BCUT2D eigenvalue weighted by Gasteiger charge is 2.19. The largest absolute Gasteiger partial charge is 0.496 e. The van der Waals surface area contributed by atoms with Crippen LogP contribution in [0.5, 0.6) is 11.5 Å². The van der Waals surface area contributed by atoms with Crippen molar-refractivity contribution in [1.82, 2.24) is 0 Å². The third-order valence-electron chi connectivity index (χ3n) is 1.96. The third kappa shape index (κ3) is 2.49. The van der Waals surface area contributed by atoms with Gasteiger partial charge in [0, 0.05) is 7.11 Å². The quantitative estimate of drug-likeness (QED) is 0.571. The van der Waals surface area contributed by atoms with Crippen LogP contribution in [0.2, 0.25) is 0 Å². The normalized spacial score (nSPS) is 10.0. The van der Waals surface area contributed by atoms with Crippen LogP contribution in [-0.4, -0.2) is 26.8 Å². The molecule has 0 bridgehead atoms. The molecule has 0 aliphatic rings. The van der Waals surface area contributed by atoms with Gasteiger partial charge in [0.15, 0.2) is 24.1 Å². The Morgan fingerprint density at radius 1 is 1.38 bits per heavy atom. The van der Waals surface area contributed by atoms with Gasteiger partial charge in [-0.15, -0.1) is 0 Å². The number of ether oxygens (including phenoxy) is 3. The van der Waals surface area contributed by atoms with Gasteiger partial charge in [-0.05, 0) is 19.1 Å². The fraction of sp³-hybridized carbons (Fsp3) is 0.364. The Balaban J connectivity index is 3.24. The van der Waals surface area contributed by atoms with E-state index in [0.717, 1.165) is 0 Å². The minimum Gasteiger partial charge on any atom is -0.496 e. The number of hydrogen-bond acceptors (Lipinski definition) is 4. The van der Waals surface area contributed by atoms with Crippen molar-refractivity contribution in [2.75, 3.05) is 21.0 Å². The molecule has 0 atom stereocenters. The first kappa shape index (κ1) is 12.4. The summed E-state index contributed by atoms with van der Waals surface area (Å²) >= 11 is 0. The van der Waals surface area contributed by atoms with Crippen molar-refractivity contribution in [2.45, 2.75) is 6.92 Å². The number of benzene rings is 1. The van der Waals surface area contributed by atoms with Crippen LogP contribution in [0.4, 0.5) is 4.39 Å². The molecule has 0 radical (unpaired) electrons. The lowest BCUT2D eigenvalue weighted by Gasteiger charge is -2.13. The van der Waals surface area contributed by atoms with Crippen molar-refractivity contribution >= 4 is 5.78 Å². The molecule has 0 aromatic heterocycles. The van der Waals surface area contributed by atoms with Gasteiger partial charge < -0.3 is 14.2 Å². The first-order chi connectivity index (χ1) is 7.61. The second-order valence-corrected chi connectivity index (χ2v) is 3.06. The van der Waals surface area contributed by atoms with Crippen LogP contribution in [0, 0.1) is 5.82 Å². The van der Waals surface area contributed by atoms with E-state index >= 15 is 0 Å². The summed E-state index contributed by atoms with van der Waals surface area (Å²) in [5.41, 5.74) is 0.0829. The van der Waals surface area contributed by atoms with Gasteiger partial charge in [0.25, 0.3) is 0 Å². The summed E-state index contributed by atoms with van der Waals surface area (Å²) in [6, 6.07) is 2.56. The van der Waals surface area contributed by atoms with Crippen LogP contribution in [0.1, 0.15) is 17.3 Å². The Hall–Kier alpha value is -1.62. The van der Waals surface area contributed by atoms with E-state index in [4.69, 9.17) is 9.47 Å². The van der Waals surface area contributed by atoms with Gasteiger partial charge >= 0.3 is 0 Å². The van der Waals surface area contributed by atoms with Crippen LogP contribution in [0.15, 0.2) is 12.1 Å². The minimum absolute atomic E-state index is 0.0829. The number of methoxy groups -OCH3 is 2. The number of Topliss-reactive ketones (excluding diaryl/α,β-unsaturated/α-hetero) is 1. The Morgan fingerprint density at radius 3 is 2.56 bits per heavy atom. The van der Waals surface area contributed by atoms with Gasteiger partial charge in [0.1, 0.15) is 11.3 Å². The lowest BCUT2D eigenvalue weighted by Crippen LogP contribution is -2.07. The van der Waals surface area contributed by atoms with Crippen LogP contribution < -0.4 is 9.47 Å². The lowest BCUT2D eigenvalue weighted by atomic mass is 10.1.